The third-order valence-electron chi connectivity index (χ3n) is 4.58. The highest BCUT2D eigenvalue weighted by Crippen LogP contribution is 2.28. The second-order valence-electron chi connectivity index (χ2n) is 6.79. The number of rotatable bonds is 9. The summed E-state index contributed by atoms with van der Waals surface area (Å²) in [5, 5.41) is 12.8. The van der Waals surface area contributed by atoms with Crippen molar-refractivity contribution in [3.8, 4) is 11.5 Å². The maximum absolute atomic E-state index is 12.4. The monoisotopic (exact) mass is 460 g/mol. The van der Waals surface area contributed by atoms with Crippen molar-refractivity contribution >= 4 is 35.0 Å². The number of hydrogen-bond donors (Lipinski definition) is 1. The van der Waals surface area contributed by atoms with E-state index in [-0.39, 0.29) is 17.8 Å². The zero-order valence-corrected chi connectivity index (χ0v) is 19.5. The quantitative estimate of drug-likeness (QED) is 0.445. The Morgan fingerprint density at radius 3 is 2.71 bits per heavy atom. The number of nitrogens with zero attached hydrogens (tertiary/aromatic N) is 3. The molecule has 1 heterocycles. The molecule has 164 valence electrons. The summed E-state index contributed by atoms with van der Waals surface area (Å²) >= 11 is 7.35. The van der Waals surface area contributed by atoms with E-state index in [4.69, 9.17) is 21.1 Å². The lowest BCUT2D eigenvalue weighted by atomic mass is 10.2. The van der Waals surface area contributed by atoms with Crippen molar-refractivity contribution in [1.29, 1.82) is 0 Å². The fourth-order valence-corrected chi connectivity index (χ4v) is 4.09. The Morgan fingerprint density at radius 1 is 1.23 bits per heavy atom. The molecule has 31 heavy (non-hydrogen) atoms. The molecule has 0 spiro atoms. The summed E-state index contributed by atoms with van der Waals surface area (Å²) in [6.45, 7) is 6.53. The van der Waals surface area contributed by atoms with E-state index < -0.39 is 0 Å². The third-order valence-corrected chi connectivity index (χ3v) is 5.78. The lowest BCUT2D eigenvalue weighted by Gasteiger charge is -2.17. The van der Waals surface area contributed by atoms with Crippen molar-refractivity contribution in [2.75, 3.05) is 18.2 Å². The molecule has 1 atom stereocenters. The minimum atomic E-state index is -0.316. The van der Waals surface area contributed by atoms with Gasteiger partial charge in [0.25, 0.3) is 0 Å². The van der Waals surface area contributed by atoms with E-state index in [0.29, 0.717) is 34.0 Å². The van der Waals surface area contributed by atoms with E-state index in [1.807, 2.05) is 49.6 Å². The molecule has 0 bridgehead atoms. The Hall–Kier alpha value is -2.71. The Balaban J connectivity index is 1.66. The maximum atomic E-state index is 12.4. The van der Waals surface area contributed by atoms with Gasteiger partial charge in [-0.2, -0.15) is 0 Å². The van der Waals surface area contributed by atoms with E-state index in [9.17, 15) is 4.79 Å². The summed E-state index contributed by atoms with van der Waals surface area (Å²) in [6, 6.07) is 12.8. The summed E-state index contributed by atoms with van der Waals surface area (Å²) in [5.41, 5.74) is 1.58. The van der Waals surface area contributed by atoms with Crippen molar-refractivity contribution in [1.82, 2.24) is 14.8 Å². The number of nitrogens with one attached hydrogen (secondary N) is 1. The first-order valence-corrected chi connectivity index (χ1v) is 11.2. The summed E-state index contributed by atoms with van der Waals surface area (Å²) in [4.78, 5) is 12.4. The van der Waals surface area contributed by atoms with Crippen LogP contribution in [0.5, 0.6) is 11.5 Å². The molecule has 9 heteroatoms. The molecular formula is C22H25ClN4O3S. The van der Waals surface area contributed by atoms with Crippen LogP contribution in [0.25, 0.3) is 0 Å². The van der Waals surface area contributed by atoms with Crippen LogP contribution >= 0.6 is 23.4 Å². The van der Waals surface area contributed by atoms with Crippen molar-refractivity contribution < 1.29 is 14.3 Å². The fraction of sp³-hybridized carbons (Fsp3) is 0.318. The topological polar surface area (TPSA) is 78.3 Å². The molecule has 1 amide bonds. The number of para-hydroxylation sites is 2. The van der Waals surface area contributed by atoms with Crippen LogP contribution in [0.3, 0.4) is 0 Å². The lowest BCUT2D eigenvalue weighted by Crippen LogP contribution is -2.16. The molecule has 0 saturated carbocycles. The van der Waals surface area contributed by atoms with Crippen LogP contribution in [-0.4, -0.2) is 33.5 Å². The highest BCUT2D eigenvalue weighted by atomic mass is 35.5. The summed E-state index contributed by atoms with van der Waals surface area (Å²) in [6.07, 6.45) is -0.316. The zero-order valence-electron chi connectivity index (χ0n) is 17.9. The van der Waals surface area contributed by atoms with E-state index >= 15 is 0 Å². The van der Waals surface area contributed by atoms with Crippen molar-refractivity contribution in [3.63, 3.8) is 0 Å². The summed E-state index contributed by atoms with van der Waals surface area (Å²) in [5.74, 6) is 2.10. The smallest absolute Gasteiger partial charge is 0.234 e. The maximum Gasteiger partial charge on any atom is 0.234 e. The number of methoxy groups -OCH3 is 1. The average molecular weight is 461 g/mol. The number of aromatic nitrogens is 3. The minimum Gasteiger partial charge on any atom is -0.495 e. The molecule has 7 nitrogen and oxygen atoms in total. The Bertz CT molecular complexity index is 1060. The van der Waals surface area contributed by atoms with Crippen LogP contribution < -0.4 is 14.8 Å². The second-order valence-corrected chi connectivity index (χ2v) is 8.17. The van der Waals surface area contributed by atoms with Gasteiger partial charge in [-0.05, 0) is 56.7 Å². The molecule has 2 aromatic carbocycles. The Morgan fingerprint density at radius 2 is 2.00 bits per heavy atom. The van der Waals surface area contributed by atoms with Crippen LogP contribution in [0.15, 0.2) is 47.6 Å². The van der Waals surface area contributed by atoms with Crippen LogP contribution in [0, 0.1) is 6.92 Å². The molecule has 0 radical (unpaired) electrons. The van der Waals surface area contributed by atoms with Crippen LogP contribution in [0.1, 0.15) is 31.3 Å². The Kier molecular flexibility index (Phi) is 7.81. The number of amides is 1. The SMILES string of the molecule is CCn1c(SCC(=O)Nc2ccccc2OC)nnc1C(C)Oc1ccc(Cl)cc1C. The fourth-order valence-electron chi connectivity index (χ4n) is 3.06. The molecular weight excluding hydrogens is 436 g/mol. The van der Waals surface area contributed by atoms with E-state index in [2.05, 4.69) is 15.5 Å². The molecule has 3 aromatic rings. The van der Waals surface area contributed by atoms with Gasteiger partial charge in [0.15, 0.2) is 17.1 Å². The van der Waals surface area contributed by atoms with Gasteiger partial charge in [0.1, 0.15) is 11.5 Å². The molecule has 0 saturated heterocycles. The standard InChI is InChI=1S/C22H25ClN4O3S/c1-5-27-21(15(3)30-18-11-10-16(23)12-14(18)2)25-26-22(27)31-13-20(28)24-17-8-6-7-9-19(17)29-4/h6-12,15H,5,13H2,1-4H3,(H,24,28). The first kappa shape index (κ1) is 23.0. The number of carbonyl (C=O) groups is 1. The largest absolute Gasteiger partial charge is 0.495 e. The first-order chi connectivity index (χ1) is 14.9. The van der Waals surface area contributed by atoms with Crippen LogP contribution in [0.4, 0.5) is 5.69 Å². The average Bonchev–Trinajstić information content (AvgIpc) is 3.17. The first-order valence-electron chi connectivity index (χ1n) is 9.84. The third kappa shape index (κ3) is 5.71. The molecule has 0 aliphatic carbocycles. The van der Waals surface area contributed by atoms with Gasteiger partial charge in [0.2, 0.25) is 5.91 Å². The van der Waals surface area contributed by atoms with Gasteiger partial charge in [-0.25, -0.2) is 0 Å². The number of aryl methyl sites for hydroxylation is 1. The van der Waals surface area contributed by atoms with E-state index in [0.717, 1.165) is 11.3 Å². The lowest BCUT2D eigenvalue weighted by molar-refractivity contribution is -0.113. The summed E-state index contributed by atoms with van der Waals surface area (Å²) in [7, 11) is 1.57. The van der Waals surface area contributed by atoms with Gasteiger partial charge >= 0.3 is 0 Å². The summed E-state index contributed by atoms with van der Waals surface area (Å²) < 4.78 is 13.3. The Labute approximate surface area is 191 Å². The van der Waals surface area contributed by atoms with Gasteiger partial charge in [-0.15, -0.1) is 10.2 Å². The molecule has 0 aliphatic heterocycles. The normalized spacial score (nSPS) is 11.8. The van der Waals surface area contributed by atoms with E-state index in [1.54, 1.807) is 25.3 Å². The van der Waals surface area contributed by atoms with Gasteiger partial charge < -0.3 is 19.4 Å². The number of ether oxygens (including phenoxy) is 2. The van der Waals surface area contributed by atoms with E-state index in [1.165, 1.54) is 11.8 Å². The number of carbonyl (C=O) groups excluding carboxylic acids is 1. The number of anilines is 1. The molecule has 1 N–H and O–H groups in total. The minimum absolute atomic E-state index is 0.150. The predicted molar refractivity (Wildman–Crippen MR) is 123 cm³/mol. The van der Waals surface area contributed by atoms with Gasteiger partial charge in [0, 0.05) is 11.6 Å². The molecule has 0 aliphatic rings. The highest BCUT2D eigenvalue weighted by molar-refractivity contribution is 7.99. The van der Waals surface area contributed by atoms with Crippen molar-refractivity contribution in [2.45, 2.75) is 38.6 Å². The number of thioether (sulfide) groups is 1. The molecule has 1 aromatic heterocycles. The number of halogens is 1. The zero-order chi connectivity index (χ0) is 22.4. The van der Waals surface area contributed by atoms with Crippen LogP contribution in [-0.2, 0) is 11.3 Å². The van der Waals surface area contributed by atoms with Crippen molar-refractivity contribution in [2.24, 2.45) is 0 Å². The molecule has 3 rings (SSSR count). The van der Waals surface area contributed by atoms with Gasteiger partial charge in [-0.3, -0.25) is 4.79 Å². The number of hydrogen-bond acceptors (Lipinski definition) is 6. The van der Waals surface area contributed by atoms with Gasteiger partial charge in [-0.1, -0.05) is 35.5 Å². The van der Waals surface area contributed by atoms with Crippen LogP contribution in [0.2, 0.25) is 5.02 Å². The molecule has 1 unspecified atom stereocenters. The predicted octanol–water partition coefficient (Wildman–Crippen LogP) is 5.14. The van der Waals surface area contributed by atoms with Gasteiger partial charge in [0.05, 0.1) is 18.6 Å². The highest BCUT2D eigenvalue weighted by Gasteiger charge is 2.20. The van der Waals surface area contributed by atoms with Crippen molar-refractivity contribution in [3.05, 3.63) is 58.9 Å². The second kappa shape index (κ2) is 10.5. The molecule has 0 fully saturated rings. The number of benzene rings is 2.